The zero-order valence-corrected chi connectivity index (χ0v) is 9.88. The van der Waals surface area contributed by atoms with E-state index in [1.807, 2.05) is 37.4 Å². The van der Waals surface area contributed by atoms with E-state index in [2.05, 4.69) is 15.3 Å². The highest BCUT2D eigenvalue weighted by Crippen LogP contribution is 2.09. The molecule has 0 aliphatic heterocycles. The van der Waals surface area contributed by atoms with Gasteiger partial charge in [0.15, 0.2) is 0 Å². The van der Waals surface area contributed by atoms with Gasteiger partial charge in [0.25, 0.3) is 0 Å². The molecule has 4 heteroatoms. The molecule has 3 nitrogen and oxygen atoms in total. The molecule has 0 atom stereocenters. The van der Waals surface area contributed by atoms with Gasteiger partial charge in [0.1, 0.15) is 5.82 Å². The lowest BCUT2D eigenvalue weighted by atomic mass is 10.2. The van der Waals surface area contributed by atoms with Crippen molar-refractivity contribution in [2.45, 2.75) is 20.0 Å². The van der Waals surface area contributed by atoms with Crippen LogP contribution in [0.3, 0.4) is 0 Å². The highest BCUT2D eigenvalue weighted by molar-refractivity contribution is 6.30. The minimum atomic E-state index is 0.771. The number of hydrogen-bond donors (Lipinski definition) is 2. The maximum atomic E-state index is 5.81. The smallest absolute Gasteiger partial charge is 0.103 e. The topological polar surface area (TPSA) is 40.7 Å². The van der Waals surface area contributed by atoms with E-state index in [9.17, 15) is 0 Å². The largest absolute Gasteiger partial charge is 0.345 e. The molecule has 1 heterocycles. The van der Waals surface area contributed by atoms with Crippen molar-refractivity contribution in [1.82, 2.24) is 15.3 Å². The number of nitrogens with one attached hydrogen (secondary N) is 2. The average molecular weight is 236 g/mol. The van der Waals surface area contributed by atoms with Crippen LogP contribution in [0, 0.1) is 6.92 Å². The van der Waals surface area contributed by atoms with Crippen molar-refractivity contribution < 1.29 is 0 Å². The number of nitrogens with zero attached hydrogens (tertiary/aromatic N) is 1. The second kappa shape index (κ2) is 5.14. The highest BCUT2D eigenvalue weighted by atomic mass is 35.5. The summed E-state index contributed by atoms with van der Waals surface area (Å²) < 4.78 is 0. The Labute approximate surface area is 99.9 Å². The first-order chi connectivity index (χ1) is 7.74. The molecule has 1 aromatic carbocycles. The Morgan fingerprint density at radius 1 is 1.25 bits per heavy atom. The van der Waals surface area contributed by atoms with Gasteiger partial charge in [-0.1, -0.05) is 23.7 Å². The van der Waals surface area contributed by atoms with Crippen molar-refractivity contribution >= 4 is 11.6 Å². The van der Waals surface area contributed by atoms with Crippen molar-refractivity contribution in [2.24, 2.45) is 0 Å². The molecule has 2 aromatic rings. The van der Waals surface area contributed by atoms with Gasteiger partial charge in [-0.05, 0) is 24.6 Å². The van der Waals surface area contributed by atoms with E-state index in [4.69, 9.17) is 11.6 Å². The van der Waals surface area contributed by atoms with Crippen LogP contribution in [0.15, 0.2) is 30.5 Å². The van der Waals surface area contributed by atoms with Gasteiger partial charge < -0.3 is 10.3 Å². The molecule has 16 heavy (non-hydrogen) atoms. The lowest BCUT2D eigenvalue weighted by molar-refractivity contribution is 0.681. The molecular weight excluding hydrogens is 222 g/mol. The van der Waals surface area contributed by atoms with E-state index in [0.717, 1.165) is 29.6 Å². The third-order valence-corrected chi connectivity index (χ3v) is 2.57. The lowest BCUT2D eigenvalue weighted by Crippen LogP contribution is -2.12. The van der Waals surface area contributed by atoms with Crippen LogP contribution in [0.1, 0.15) is 17.1 Å². The summed E-state index contributed by atoms with van der Waals surface area (Å²) in [4.78, 5) is 7.32. The van der Waals surface area contributed by atoms with Crippen molar-refractivity contribution in [3.8, 4) is 0 Å². The fourth-order valence-corrected chi connectivity index (χ4v) is 1.63. The summed E-state index contributed by atoms with van der Waals surface area (Å²) in [6.45, 7) is 3.57. The predicted molar refractivity (Wildman–Crippen MR) is 65.3 cm³/mol. The van der Waals surface area contributed by atoms with Crippen LogP contribution in [-0.4, -0.2) is 9.97 Å². The first-order valence-electron chi connectivity index (χ1n) is 5.20. The molecule has 0 bridgehead atoms. The van der Waals surface area contributed by atoms with E-state index in [1.54, 1.807) is 0 Å². The zero-order valence-electron chi connectivity index (χ0n) is 9.13. The van der Waals surface area contributed by atoms with Gasteiger partial charge in [-0.3, -0.25) is 0 Å². The van der Waals surface area contributed by atoms with E-state index >= 15 is 0 Å². The van der Waals surface area contributed by atoms with Crippen molar-refractivity contribution in [3.63, 3.8) is 0 Å². The van der Waals surface area contributed by atoms with Crippen LogP contribution in [0.25, 0.3) is 0 Å². The first kappa shape index (κ1) is 11.2. The summed E-state index contributed by atoms with van der Waals surface area (Å²) in [6, 6.07) is 7.85. The predicted octanol–water partition coefficient (Wildman–Crippen LogP) is 2.66. The highest BCUT2D eigenvalue weighted by Gasteiger charge is 1.97. The monoisotopic (exact) mass is 235 g/mol. The number of benzene rings is 1. The molecule has 1 aromatic heterocycles. The molecule has 0 unspecified atom stereocenters. The second-order valence-electron chi connectivity index (χ2n) is 3.72. The SMILES string of the molecule is Cc1ncc(CNCc2ccc(Cl)cc2)[nH]1. The van der Waals surface area contributed by atoms with Gasteiger partial charge >= 0.3 is 0 Å². The number of imidazole rings is 1. The lowest BCUT2D eigenvalue weighted by Gasteiger charge is -2.03. The summed E-state index contributed by atoms with van der Waals surface area (Å²) in [5, 5.41) is 4.11. The summed E-state index contributed by atoms with van der Waals surface area (Å²) in [5.41, 5.74) is 2.33. The fraction of sp³-hybridized carbons (Fsp3) is 0.250. The van der Waals surface area contributed by atoms with Crippen LogP contribution in [-0.2, 0) is 13.1 Å². The van der Waals surface area contributed by atoms with E-state index in [0.29, 0.717) is 0 Å². The third kappa shape index (κ3) is 3.08. The molecule has 0 saturated heterocycles. The van der Waals surface area contributed by atoms with Crippen LogP contribution < -0.4 is 5.32 Å². The van der Waals surface area contributed by atoms with E-state index < -0.39 is 0 Å². The van der Waals surface area contributed by atoms with Crippen molar-refractivity contribution in [3.05, 3.63) is 52.6 Å². The number of aryl methyl sites for hydroxylation is 1. The average Bonchev–Trinajstić information content (AvgIpc) is 2.67. The van der Waals surface area contributed by atoms with Gasteiger partial charge in [-0.15, -0.1) is 0 Å². The minimum Gasteiger partial charge on any atom is -0.345 e. The molecule has 2 N–H and O–H groups in total. The molecular formula is C12H14ClN3. The third-order valence-electron chi connectivity index (χ3n) is 2.31. The quantitative estimate of drug-likeness (QED) is 0.856. The number of halogens is 1. The van der Waals surface area contributed by atoms with Crippen LogP contribution >= 0.6 is 11.6 Å². The summed E-state index contributed by atoms with van der Waals surface area (Å²) >= 11 is 5.81. The maximum Gasteiger partial charge on any atom is 0.103 e. The van der Waals surface area contributed by atoms with E-state index in [-0.39, 0.29) is 0 Å². The molecule has 84 valence electrons. The Kier molecular flexibility index (Phi) is 3.59. The molecule has 0 aliphatic rings. The van der Waals surface area contributed by atoms with Gasteiger partial charge in [0.05, 0.1) is 0 Å². The summed E-state index contributed by atoms with van der Waals surface area (Å²) in [6.07, 6.45) is 1.85. The molecule has 0 aliphatic carbocycles. The number of aromatic nitrogens is 2. The standard InChI is InChI=1S/C12H14ClN3/c1-9-15-8-12(16-9)7-14-6-10-2-4-11(13)5-3-10/h2-5,8,14H,6-7H2,1H3,(H,15,16). The first-order valence-corrected chi connectivity index (χ1v) is 5.57. The molecule has 0 saturated carbocycles. The van der Waals surface area contributed by atoms with Crippen molar-refractivity contribution in [2.75, 3.05) is 0 Å². The van der Waals surface area contributed by atoms with Gasteiger partial charge in [0, 0.05) is 30.0 Å². The van der Waals surface area contributed by atoms with Gasteiger partial charge in [0.2, 0.25) is 0 Å². The van der Waals surface area contributed by atoms with E-state index in [1.165, 1.54) is 5.56 Å². The van der Waals surface area contributed by atoms with Gasteiger partial charge in [-0.25, -0.2) is 4.98 Å². The summed E-state index contributed by atoms with van der Waals surface area (Å²) in [5.74, 6) is 0.947. The Morgan fingerprint density at radius 2 is 2.00 bits per heavy atom. The second-order valence-corrected chi connectivity index (χ2v) is 4.16. The Hall–Kier alpha value is -1.32. The number of rotatable bonds is 4. The molecule has 0 spiro atoms. The summed E-state index contributed by atoms with van der Waals surface area (Å²) in [7, 11) is 0. The van der Waals surface area contributed by atoms with Crippen LogP contribution in [0.2, 0.25) is 5.02 Å². The Morgan fingerprint density at radius 3 is 2.62 bits per heavy atom. The van der Waals surface area contributed by atoms with Crippen LogP contribution in [0.5, 0.6) is 0 Å². The van der Waals surface area contributed by atoms with Crippen LogP contribution in [0.4, 0.5) is 0 Å². The number of H-pyrrole nitrogens is 1. The normalized spacial score (nSPS) is 10.6. The Balaban J connectivity index is 1.82. The molecule has 2 rings (SSSR count). The minimum absolute atomic E-state index is 0.771. The zero-order chi connectivity index (χ0) is 11.4. The number of hydrogen-bond acceptors (Lipinski definition) is 2. The molecule has 0 amide bonds. The fourth-order valence-electron chi connectivity index (χ4n) is 1.51. The van der Waals surface area contributed by atoms with Gasteiger partial charge in [-0.2, -0.15) is 0 Å². The Bertz CT molecular complexity index is 448. The van der Waals surface area contributed by atoms with Crippen molar-refractivity contribution in [1.29, 1.82) is 0 Å². The molecule has 0 radical (unpaired) electrons. The maximum absolute atomic E-state index is 5.81. The molecule has 0 fully saturated rings. The number of aromatic amines is 1.